The Bertz CT molecular complexity index is 614. The summed E-state index contributed by atoms with van der Waals surface area (Å²) in [6.07, 6.45) is 0.882. The minimum Gasteiger partial charge on any atom is -0.322 e. The second-order valence-electron chi connectivity index (χ2n) is 4.21. The first-order valence-electron chi connectivity index (χ1n) is 6.01. The van der Waals surface area contributed by atoms with E-state index in [0.29, 0.717) is 5.69 Å². The van der Waals surface area contributed by atoms with Crippen molar-refractivity contribution in [1.82, 2.24) is 0 Å². The second kappa shape index (κ2) is 6.61. The lowest BCUT2D eigenvalue weighted by atomic mass is 10.1. The Morgan fingerprint density at radius 3 is 2.45 bits per heavy atom. The average molecular weight is 340 g/mol. The van der Waals surface area contributed by atoms with E-state index in [9.17, 15) is 13.6 Å². The van der Waals surface area contributed by atoms with Crippen molar-refractivity contribution in [3.8, 4) is 0 Å². The van der Waals surface area contributed by atoms with Crippen molar-refractivity contribution >= 4 is 27.5 Å². The van der Waals surface area contributed by atoms with E-state index in [1.165, 1.54) is 0 Å². The van der Waals surface area contributed by atoms with Crippen LogP contribution in [0, 0.1) is 11.6 Å². The highest BCUT2D eigenvalue weighted by atomic mass is 79.9. The predicted octanol–water partition coefficient (Wildman–Crippen LogP) is 4.15. The van der Waals surface area contributed by atoms with Crippen LogP contribution >= 0.6 is 15.9 Å². The first-order chi connectivity index (χ1) is 9.60. The molecule has 104 valence electrons. The highest BCUT2D eigenvalue weighted by Crippen LogP contribution is 2.15. The van der Waals surface area contributed by atoms with Crippen LogP contribution in [0.1, 0.15) is 15.9 Å². The predicted molar refractivity (Wildman–Crippen MR) is 78.3 cm³/mol. The van der Waals surface area contributed by atoms with Crippen molar-refractivity contribution in [3.05, 3.63) is 65.2 Å². The van der Waals surface area contributed by atoms with Gasteiger partial charge in [0.25, 0.3) is 5.91 Å². The number of hydrogen-bond donors (Lipinski definition) is 1. The van der Waals surface area contributed by atoms with Crippen LogP contribution in [0.3, 0.4) is 0 Å². The normalized spacial score (nSPS) is 10.3. The van der Waals surface area contributed by atoms with Gasteiger partial charge in [0, 0.05) is 11.0 Å². The Labute approximate surface area is 123 Å². The van der Waals surface area contributed by atoms with Gasteiger partial charge in [-0.2, -0.15) is 0 Å². The van der Waals surface area contributed by atoms with Gasteiger partial charge in [0.2, 0.25) is 0 Å². The lowest BCUT2D eigenvalue weighted by molar-refractivity contribution is 0.102. The number of aryl methyl sites for hydroxylation is 1. The fourth-order valence-electron chi connectivity index (χ4n) is 1.73. The molecular formula is C15H12BrF2NO. The molecule has 0 spiro atoms. The largest absolute Gasteiger partial charge is 0.322 e. The van der Waals surface area contributed by atoms with Crippen LogP contribution in [0.2, 0.25) is 0 Å². The molecule has 0 aliphatic carbocycles. The van der Waals surface area contributed by atoms with Crippen molar-refractivity contribution in [1.29, 1.82) is 0 Å². The smallest absolute Gasteiger partial charge is 0.258 e. The van der Waals surface area contributed by atoms with Gasteiger partial charge in [-0.05, 0) is 42.3 Å². The van der Waals surface area contributed by atoms with E-state index in [0.717, 1.165) is 35.5 Å². The number of benzene rings is 2. The molecule has 0 saturated carbocycles. The van der Waals surface area contributed by atoms with Crippen molar-refractivity contribution in [2.45, 2.75) is 6.42 Å². The van der Waals surface area contributed by atoms with Gasteiger partial charge in [0.15, 0.2) is 0 Å². The van der Waals surface area contributed by atoms with Gasteiger partial charge in [-0.3, -0.25) is 4.79 Å². The minimum atomic E-state index is -0.750. The van der Waals surface area contributed by atoms with E-state index in [1.54, 1.807) is 12.1 Å². The maximum atomic E-state index is 13.5. The zero-order valence-electron chi connectivity index (χ0n) is 10.5. The fourth-order valence-corrected chi connectivity index (χ4v) is 2.19. The van der Waals surface area contributed by atoms with Gasteiger partial charge >= 0.3 is 0 Å². The van der Waals surface area contributed by atoms with Crippen LogP contribution in [0.5, 0.6) is 0 Å². The standard InChI is InChI=1S/C15H12BrF2NO/c16-8-7-10-1-4-12(5-2-10)19-15(20)13-9-11(17)3-6-14(13)18/h1-6,9H,7-8H2,(H,19,20). The van der Waals surface area contributed by atoms with Crippen LogP contribution < -0.4 is 5.32 Å². The Kier molecular flexibility index (Phi) is 4.84. The molecule has 0 fully saturated rings. The van der Waals surface area contributed by atoms with Gasteiger partial charge < -0.3 is 5.32 Å². The highest BCUT2D eigenvalue weighted by molar-refractivity contribution is 9.09. The first-order valence-corrected chi connectivity index (χ1v) is 7.13. The fraction of sp³-hybridized carbons (Fsp3) is 0.133. The van der Waals surface area contributed by atoms with Crippen molar-refractivity contribution in [2.24, 2.45) is 0 Å². The monoisotopic (exact) mass is 339 g/mol. The molecule has 0 radical (unpaired) electrons. The third kappa shape index (κ3) is 3.63. The summed E-state index contributed by atoms with van der Waals surface area (Å²) in [5.74, 6) is -2.07. The minimum absolute atomic E-state index is 0.311. The average Bonchev–Trinajstić information content (AvgIpc) is 2.44. The lowest BCUT2D eigenvalue weighted by Crippen LogP contribution is -2.14. The molecule has 1 amide bonds. The molecule has 2 rings (SSSR count). The van der Waals surface area contributed by atoms with Crippen LogP contribution in [-0.4, -0.2) is 11.2 Å². The van der Waals surface area contributed by atoms with E-state index >= 15 is 0 Å². The van der Waals surface area contributed by atoms with E-state index in [-0.39, 0.29) is 5.56 Å². The number of halogens is 3. The molecule has 2 aromatic rings. The zero-order valence-corrected chi connectivity index (χ0v) is 12.1. The van der Waals surface area contributed by atoms with Gasteiger partial charge in [-0.15, -0.1) is 0 Å². The van der Waals surface area contributed by atoms with E-state index in [1.807, 2.05) is 12.1 Å². The van der Waals surface area contributed by atoms with Crippen LogP contribution in [0.15, 0.2) is 42.5 Å². The molecule has 0 unspecified atom stereocenters. The lowest BCUT2D eigenvalue weighted by Gasteiger charge is -2.07. The molecule has 0 bridgehead atoms. The summed E-state index contributed by atoms with van der Waals surface area (Å²) in [4.78, 5) is 11.9. The summed E-state index contributed by atoms with van der Waals surface area (Å²) in [6.45, 7) is 0. The number of nitrogens with one attached hydrogen (secondary N) is 1. The van der Waals surface area contributed by atoms with Gasteiger partial charge in [0.1, 0.15) is 11.6 Å². The van der Waals surface area contributed by atoms with Crippen LogP contribution in [-0.2, 0) is 6.42 Å². The van der Waals surface area contributed by atoms with E-state index in [2.05, 4.69) is 21.2 Å². The van der Waals surface area contributed by atoms with Crippen molar-refractivity contribution in [3.63, 3.8) is 0 Å². The Hall–Kier alpha value is -1.75. The van der Waals surface area contributed by atoms with Gasteiger partial charge in [-0.1, -0.05) is 28.1 Å². The molecule has 0 atom stereocenters. The van der Waals surface area contributed by atoms with E-state index < -0.39 is 17.5 Å². The van der Waals surface area contributed by atoms with Gasteiger partial charge in [-0.25, -0.2) is 8.78 Å². The molecule has 0 aliphatic heterocycles. The molecule has 0 heterocycles. The first kappa shape index (κ1) is 14.7. The topological polar surface area (TPSA) is 29.1 Å². The number of hydrogen-bond acceptors (Lipinski definition) is 1. The summed E-state index contributed by atoms with van der Waals surface area (Å²) in [6, 6.07) is 9.99. The second-order valence-corrected chi connectivity index (χ2v) is 5.01. The van der Waals surface area contributed by atoms with Crippen LogP contribution in [0.4, 0.5) is 14.5 Å². The molecule has 2 nitrogen and oxygen atoms in total. The summed E-state index contributed by atoms with van der Waals surface area (Å²) in [5.41, 5.74) is 1.35. The molecule has 1 N–H and O–H groups in total. The van der Waals surface area contributed by atoms with Crippen molar-refractivity contribution < 1.29 is 13.6 Å². The van der Waals surface area contributed by atoms with Gasteiger partial charge in [0.05, 0.1) is 5.56 Å². The SMILES string of the molecule is O=C(Nc1ccc(CCBr)cc1)c1cc(F)ccc1F. The summed E-state index contributed by atoms with van der Waals surface area (Å²) in [5, 5.41) is 3.39. The number of carbonyl (C=O) groups excluding carboxylic acids is 1. The number of rotatable bonds is 4. The summed E-state index contributed by atoms with van der Waals surface area (Å²) in [7, 11) is 0. The molecule has 5 heteroatoms. The summed E-state index contributed by atoms with van der Waals surface area (Å²) >= 11 is 3.34. The molecular weight excluding hydrogens is 328 g/mol. The Morgan fingerprint density at radius 2 is 1.80 bits per heavy atom. The number of carbonyl (C=O) groups is 1. The highest BCUT2D eigenvalue weighted by Gasteiger charge is 2.12. The molecule has 0 aromatic heterocycles. The summed E-state index contributed by atoms with van der Waals surface area (Å²) < 4.78 is 26.5. The zero-order chi connectivity index (χ0) is 14.5. The molecule has 2 aromatic carbocycles. The Morgan fingerprint density at radius 1 is 1.10 bits per heavy atom. The maximum absolute atomic E-state index is 13.5. The molecule has 20 heavy (non-hydrogen) atoms. The number of alkyl halides is 1. The number of amides is 1. The third-order valence-corrected chi connectivity index (χ3v) is 3.16. The van der Waals surface area contributed by atoms with E-state index in [4.69, 9.17) is 0 Å². The third-order valence-electron chi connectivity index (χ3n) is 2.77. The molecule has 0 saturated heterocycles. The van der Waals surface area contributed by atoms with Crippen LogP contribution in [0.25, 0.3) is 0 Å². The number of anilines is 1. The Balaban J connectivity index is 2.13. The molecule has 0 aliphatic rings. The van der Waals surface area contributed by atoms with Crippen molar-refractivity contribution in [2.75, 3.05) is 10.6 Å². The quantitative estimate of drug-likeness (QED) is 0.833. The maximum Gasteiger partial charge on any atom is 0.258 e.